The SMILES string of the molecule is C.C.C.C.CCI.Cc1c(C(=O)CCl)c2ncc(CCS(N)(=O)=O)cc2n1-c1ccc(Cl)cc1.Cc1c(C(=O)CN2CCC(O)CC2)c2ncc(CCS(N)(=O)=O)cc2n1-c1ccc(Cl)cc1.Cc1cc2ncc(CCOCS(=O)[O-])cc2n1-c1ccc(Cl)cc1.Cc1cc2ncc(CCS(=O)(=O)[O-])cc2n1-c1ccc(Cl)cc1.Cc1cc2ncc(CCS(N)(=O)=O)cc2n1-c1ccc(Cl)cc1.[Na+]. The number of Topliss-reactive ketones (excluding diaryl/α,β-unsaturated/α-hetero) is 2. The van der Waals surface area contributed by atoms with Crippen molar-refractivity contribution in [3.8, 4) is 28.4 Å². The number of aliphatic hydroxyl groups excluding tert-OH is 1. The summed E-state index contributed by atoms with van der Waals surface area (Å²) in [5.41, 5.74) is 22.0. The van der Waals surface area contributed by atoms with Gasteiger partial charge in [0, 0.05) is 132 Å². The molecule has 1 aliphatic heterocycles. The fourth-order valence-corrected chi connectivity index (χ4v) is 18.2. The third kappa shape index (κ3) is 33.0. The van der Waals surface area contributed by atoms with Crippen LogP contribution in [0.5, 0.6) is 0 Å². The number of likely N-dealkylation sites (tertiary alicyclic amines) is 1. The van der Waals surface area contributed by atoms with E-state index in [9.17, 15) is 61.7 Å². The summed E-state index contributed by atoms with van der Waals surface area (Å²) in [6.45, 7) is 13.7. The van der Waals surface area contributed by atoms with Gasteiger partial charge in [-0.25, -0.2) is 49.1 Å². The molecular formula is C96H111Cl6IN14NaO15S5-. The van der Waals surface area contributed by atoms with Crippen molar-refractivity contribution in [1.29, 1.82) is 0 Å². The molecule has 5 aromatic carbocycles. The second-order valence-electron chi connectivity index (χ2n) is 31.2. The van der Waals surface area contributed by atoms with Crippen LogP contribution >= 0.6 is 92.2 Å². The first kappa shape index (κ1) is 119. The molecule has 1 saturated heterocycles. The second kappa shape index (κ2) is 53.4. The number of halogens is 7. The fraction of sp³-hybridized carbons (Fsp3) is 0.302. The smallest absolute Gasteiger partial charge is 0.771 e. The van der Waals surface area contributed by atoms with Crippen LogP contribution in [0.25, 0.3) is 83.6 Å². The predicted octanol–water partition coefficient (Wildman–Crippen LogP) is 16.0. The quantitative estimate of drug-likeness (QED) is 0.00706. The number of piperidine rings is 1. The van der Waals surface area contributed by atoms with Gasteiger partial charge in [-0.1, -0.05) is 117 Å². The van der Waals surface area contributed by atoms with Crippen molar-refractivity contribution in [2.45, 2.75) is 122 Å². The van der Waals surface area contributed by atoms with Gasteiger partial charge in [-0.15, -0.1) is 11.6 Å². The molecule has 0 bridgehead atoms. The van der Waals surface area contributed by atoms with E-state index < -0.39 is 57.0 Å². The van der Waals surface area contributed by atoms with Crippen LogP contribution in [0.1, 0.15) is 126 Å². The number of benzene rings is 5. The minimum absolute atomic E-state index is 0. The summed E-state index contributed by atoms with van der Waals surface area (Å²) >= 11 is 35.8. The van der Waals surface area contributed by atoms with Crippen LogP contribution in [-0.2, 0) is 88.1 Å². The largest absolute Gasteiger partial charge is 1.00 e. The molecule has 0 radical (unpaired) electrons. The van der Waals surface area contributed by atoms with Gasteiger partial charge in [0.15, 0.2) is 11.6 Å². The Kier molecular flexibility index (Phi) is 45.9. The molecule has 10 aromatic heterocycles. The number of hydrogen-bond acceptors (Lipinski definition) is 21. The average molecular weight is 2220 g/mol. The Labute approximate surface area is 875 Å². The number of nitrogens with zero attached hydrogens (tertiary/aromatic N) is 11. The molecule has 0 spiro atoms. The average Bonchev–Trinajstić information content (AvgIpc) is 1.50. The van der Waals surface area contributed by atoms with Crippen molar-refractivity contribution < 1.29 is 96.0 Å². The zero-order valence-corrected chi connectivity index (χ0v) is 86.6. The number of ketones is 2. The van der Waals surface area contributed by atoms with Gasteiger partial charge in [0.1, 0.15) is 5.94 Å². The number of carbonyl (C=O) groups excluding carboxylic acids is 2. The molecule has 0 amide bonds. The Morgan fingerprint density at radius 2 is 0.717 bits per heavy atom. The molecule has 1 fully saturated rings. The normalized spacial score (nSPS) is 12.4. The maximum absolute atomic E-state index is 13.4. The molecule has 138 heavy (non-hydrogen) atoms. The number of sulfonamides is 3. The van der Waals surface area contributed by atoms with Crippen molar-refractivity contribution in [2.24, 2.45) is 15.4 Å². The third-order valence-corrected chi connectivity index (χ3v) is 26.2. The Hall–Kier alpha value is -8.01. The Morgan fingerprint density at radius 3 is 1.00 bits per heavy atom. The van der Waals surface area contributed by atoms with Crippen molar-refractivity contribution >= 4 is 210 Å². The van der Waals surface area contributed by atoms with Crippen molar-refractivity contribution in [3.63, 3.8) is 0 Å². The van der Waals surface area contributed by atoms with Crippen LogP contribution in [0.2, 0.25) is 25.1 Å². The van der Waals surface area contributed by atoms with Crippen LogP contribution in [0.15, 0.2) is 201 Å². The number of aliphatic hydroxyl groups is 1. The van der Waals surface area contributed by atoms with Crippen molar-refractivity contribution in [3.05, 3.63) is 293 Å². The van der Waals surface area contributed by atoms with E-state index in [1.165, 1.54) is 4.43 Å². The Morgan fingerprint density at radius 1 is 0.449 bits per heavy atom. The fourth-order valence-electron chi connectivity index (χ4n) is 15.2. The van der Waals surface area contributed by atoms with E-state index in [2.05, 4.69) is 74.5 Å². The van der Waals surface area contributed by atoms with Gasteiger partial charge in [-0.3, -0.25) is 43.6 Å². The molecule has 1 aliphatic rings. The number of pyridine rings is 5. The van der Waals surface area contributed by atoms with Crippen LogP contribution in [-0.4, -0.2) is 188 Å². The maximum atomic E-state index is 13.4. The van der Waals surface area contributed by atoms with E-state index >= 15 is 0 Å². The van der Waals surface area contributed by atoms with Crippen LogP contribution in [0.4, 0.5) is 0 Å². The van der Waals surface area contributed by atoms with Gasteiger partial charge in [0.25, 0.3) is 0 Å². The number of aryl methyl sites for hydroxylation is 7. The molecule has 42 heteroatoms. The molecule has 736 valence electrons. The number of ether oxygens (including phenoxy) is 1. The molecule has 16 rings (SSSR count). The molecule has 0 saturated carbocycles. The number of hydrogen-bond donors (Lipinski definition) is 4. The number of fused-ring (bicyclic) bond motifs is 5. The van der Waals surface area contributed by atoms with E-state index in [4.69, 9.17) is 89.8 Å². The van der Waals surface area contributed by atoms with Crippen LogP contribution in [0, 0.1) is 34.6 Å². The number of aromatic nitrogens is 10. The summed E-state index contributed by atoms with van der Waals surface area (Å²) in [5, 5.41) is 28.3. The topological polar surface area (TPSA) is 434 Å². The first-order chi connectivity index (χ1) is 62.9. The Balaban J connectivity index is 0.000000262. The maximum Gasteiger partial charge on any atom is 1.00 e. The van der Waals surface area contributed by atoms with Gasteiger partial charge in [-0.2, -0.15) is 0 Å². The number of carbonyl (C=O) groups is 2. The Bertz CT molecular complexity index is 7060. The number of primary sulfonamides is 3. The van der Waals surface area contributed by atoms with E-state index in [-0.39, 0.29) is 132 Å². The number of nitrogens with two attached hydrogens (primary N) is 3. The summed E-state index contributed by atoms with van der Waals surface area (Å²) in [5.74, 6) is -1.60. The van der Waals surface area contributed by atoms with E-state index in [1.807, 2.05) is 188 Å². The zero-order valence-electron chi connectivity index (χ0n) is 73.9. The standard InChI is InChI=1S/C23H27ClN4O4S.C18H17Cl2N3O3S.C17H17ClN2O3S.C16H16ClN3O2S.C16H15ClN2O3S.C2H5I.4CH4.Na/c1-15-22(21(30)14-27-9-6-19(29)7-10-27)23-20(28(15)18-4-2-17(24)3-5-18)12-16(13-26-23)8-11-33(25,31)32;1-11-17(16(24)9-19)18-15(23(11)14-4-2-13(20)3-5-14)8-12(10-22-18)6-7-27(21,25)26;1-12-8-16-17(20(12)15-4-2-14(18)3-5-15)9-13(10-19-16)6-7-23-11-24(21)22;1-11-8-15-16(20(11)14-4-2-13(17)3-5-14)9-12(10-19-15)6-7-23(18,21)22;1-11-8-15-16(19(11)14-4-2-13(17)3-5-14)9-12(10-18-15)6-7-23(20,21)22;1-2-3;;;;;/h2-5,12-13,19,29H,6-11,14H2,1H3,(H2,25,31,32);2-5,8,10H,6-7,9H2,1H3,(H2,21,25,26);2-5,8-10H,6-7,11H2,1H3,(H,21,22);2-5,8-10H,6-7H2,1H3,(H2,18,21,22);2-5,8-10H,6-7H2,1H3,(H,20,21,22);2H2,1H3;4*1H4;/q;;;;;;;;;;+1/p-2. The summed E-state index contributed by atoms with van der Waals surface area (Å²) < 4.78 is 137. The minimum Gasteiger partial charge on any atom is -0.771 e. The summed E-state index contributed by atoms with van der Waals surface area (Å²) in [7, 11) is -14.9. The first-order valence-corrected chi connectivity index (χ1v) is 53.3. The van der Waals surface area contributed by atoms with Gasteiger partial charge < -0.3 is 41.8 Å². The summed E-state index contributed by atoms with van der Waals surface area (Å²) in [6.07, 6.45) is 10.8. The third-order valence-electron chi connectivity index (χ3n) is 21.3. The summed E-state index contributed by atoms with van der Waals surface area (Å²) in [6, 6.07) is 52.6. The van der Waals surface area contributed by atoms with E-state index in [0.717, 1.165) is 101 Å². The molecule has 29 nitrogen and oxygen atoms in total. The molecule has 11 heterocycles. The van der Waals surface area contributed by atoms with Gasteiger partial charge >= 0.3 is 29.6 Å². The molecule has 1 unspecified atom stereocenters. The van der Waals surface area contributed by atoms with Crippen molar-refractivity contribution in [2.75, 3.05) is 65.5 Å². The van der Waals surface area contributed by atoms with Crippen LogP contribution < -0.4 is 45.0 Å². The number of alkyl halides is 2. The minimum atomic E-state index is -4.24. The zero-order chi connectivity index (χ0) is 96.6. The second-order valence-corrected chi connectivity index (χ2v) is 42.7. The summed E-state index contributed by atoms with van der Waals surface area (Å²) in [4.78, 5) is 50.1. The first-order valence-electron chi connectivity index (χ1n) is 41.3. The number of rotatable bonds is 27. The molecule has 7 N–H and O–H groups in total. The van der Waals surface area contributed by atoms with Crippen molar-refractivity contribution in [1.82, 2.24) is 52.7 Å². The molecule has 15 aromatic rings. The van der Waals surface area contributed by atoms with E-state index in [0.29, 0.717) is 121 Å². The molecular weight excluding hydrogens is 2110 g/mol. The monoisotopic (exact) mass is 2220 g/mol. The van der Waals surface area contributed by atoms with Crippen LogP contribution in [0.3, 0.4) is 0 Å². The molecule has 1 atom stereocenters. The van der Waals surface area contributed by atoms with E-state index in [1.54, 1.807) is 55.2 Å². The van der Waals surface area contributed by atoms with Gasteiger partial charge in [-0.05, 0) is 293 Å². The predicted molar refractivity (Wildman–Crippen MR) is 563 cm³/mol. The molecule has 0 aliphatic carbocycles. The van der Waals surface area contributed by atoms with Gasteiger partial charge in [0.05, 0.1) is 119 Å². The van der Waals surface area contributed by atoms with Gasteiger partial charge in [0.2, 0.25) is 30.1 Å².